The Hall–Kier alpha value is -3.11. The summed E-state index contributed by atoms with van der Waals surface area (Å²) in [6.07, 6.45) is 52.4. The zero-order chi connectivity index (χ0) is 43.3. The maximum atomic E-state index is 12.6. The SMILES string of the molecule is CC/C=C/C/C=C/C/C=C/C/C=C/C/C=C/C/C=C/CCC(=O)O[C@H](COC(=O)CCCCCCCCC/C=C/C/C=C/CCCCC)COP(=O)(O)OC[C@@H](O)CO. The number of allylic oxidation sites excluding steroid dienone is 16. The van der Waals surface area contributed by atoms with Crippen LogP contribution in [0.2, 0.25) is 0 Å². The van der Waals surface area contributed by atoms with Crippen LogP contribution in [-0.2, 0) is 32.7 Å². The van der Waals surface area contributed by atoms with Gasteiger partial charge in [-0.3, -0.25) is 18.6 Å². The van der Waals surface area contributed by atoms with Crippen LogP contribution >= 0.6 is 7.82 Å². The molecule has 0 aliphatic rings. The summed E-state index contributed by atoms with van der Waals surface area (Å²) in [6.45, 7) is 2.13. The van der Waals surface area contributed by atoms with Crippen LogP contribution in [0.3, 0.4) is 0 Å². The molecule has 0 aromatic rings. The maximum Gasteiger partial charge on any atom is 0.472 e. The van der Waals surface area contributed by atoms with E-state index in [1.54, 1.807) is 0 Å². The Kier molecular flexibility index (Phi) is 40.7. The number of ether oxygens (including phenoxy) is 2. The van der Waals surface area contributed by atoms with Crippen LogP contribution in [0.25, 0.3) is 0 Å². The normalized spacial score (nSPS) is 14.7. The topological polar surface area (TPSA) is 149 Å². The van der Waals surface area contributed by atoms with E-state index in [0.717, 1.165) is 70.6 Å². The summed E-state index contributed by atoms with van der Waals surface area (Å²) in [7, 11) is -4.65. The Morgan fingerprint density at radius 3 is 1.47 bits per heavy atom. The smallest absolute Gasteiger partial charge is 0.462 e. The van der Waals surface area contributed by atoms with Crippen molar-refractivity contribution in [2.24, 2.45) is 0 Å². The number of phosphoric acid groups is 1. The number of esters is 2. The van der Waals surface area contributed by atoms with Gasteiger partial charge in [0.15, 0.2) is 6.10 Å². The molecule has 59 heavy (non-hydrogen) atoms. The van der Waals surface area contributed by atoms with E-state index in [2.05, 4.69) is 103 Å². The summed E-state index contributed by atoms with van der Waals surface area (Å²) >= 11 is 0. The van der Waals surface area contributed by atoms with Gasteiger partial charge >= 0.3 is 19.8 Å². The fraction of sp³-hybridized carbons (Fsp3) is 0.625. The maximum absolute atomic E-state index is 12.6. The first-order valence-corrected chi connectivity index (χ1v) is 23.7. The molecule has 0 aromatic heterocycles. The zero-order valence-electron chi connectivity index (χ0n) is 36.4. The van der Waals surface area contributed by atoms with Crippen molar-refractivity contribution < 1.29 is 47.8 Å². The van der Waals surface area contributed by atoms with Gasteiger partial charge in [-0.25, -0.2) is 4.57 Å². The molecule has 0 radical (unpaired) electrons. The number of hydrogen-bond acceptors (Lipinski definition) is 9. The van der Waals surface area contributed by atoms with Gasteiger partial charge in [0.2, 0.25) is 0 Å². The van der Waals surface area contributed by atoms with Crippen LogP contribution in [0.1, 0.15) is 155 Å². The molecular formula is C48H79O10P. The lowest BCUT2D eigenvalue weighted by molar-refractivity contribution is -0.161. The van der Waals surface area contributed by atoms with Crippen LogP contribution < -0.4 is 0 Å². The van der Waals surface area contributed by atoms with Crippen molar-refractivity contribution in [3.8, 4) is 0 Å². The Bertz CT molecular complexity index is 1300. The fourth-order valence-electron chi connectivity index (χ4n) is 5.34. The van der Waals surface area contributed by atoms with Gasteiger partial charge in [0.05, 0.1) is 19.8 Å². The number of hydrogen-bond donors (Lipinski definition) is 3. The summed E-state index contributed by atoms with van der Waals surface area (Å²) in [5.74, 6) is -1.04. The molecule has 3 atom stereocenters. The molecule has 0 heterocycles. The van der Waals surface area contributed by atoms with Crippen LogP contribution in [0.5, 0.6) is 0 Å². The van der Waals surface area contributed by atoms with Crippen molar-refractivity contribution in [3.63, 3.8) is 0 Å². The standard InChI is InChI=1S/C48H79O10P/c1-3-5-7-9-11-13-15-17-19-21-22-24-26-28-30-32-34-36-38-40-48(52)58-46(44-57-59(53,54)56-42-45(50)41-49)43-55-47(51)39-37-35-33-31-29-27-25-23-20-18-16-14-12-10-8-6-4-2/h5,7,11-14,17-20,22,24,28,30,34,36,45-46,49-50H,3-4,6,8-10,15-16,21,23,25-27,29,31-33,35,37-44H2,1-2H3,(H,53,54)/b7-5+,13-11+,14-12+,19-17+,20-18+,24-22+,30-28+,36-34+/t45-,46+/m0/s1. The first-order valence-electron chi connectivity index (χ1n) is 22.2. The van der Waals surface area contributed by atoms with E-state index in [-0.39, 0.29) is 19.4 Å². The lowest BCUT2D eigenvalue weighted by Crippen LogP contribution is -2.29. The lowest BCUT2D eigenvalue weighted by atomic mass is 10.1. The van der Waals surface area contributed by atoms with E-state index in [4.69, 9.17) is 19.1 Å². The van der Waals surface area contributed by atoms with E-state index in [9.17, 15) is 24.2 Å². The highest BCUT2D eigenvalue weighted by Gasteiger charge is 2.27. The molecule has 0 aliphatic heterocycles. The van der Waals surface area contributed by atoms with Gasteiger partial charge in [0.1, 0.15) is 12.7 Å². The molecule has 10 nitrogen and oxygen atoms in total. The molecule has 0 spiro atoms. The van der Waals surface area contributed by atoms with Gasteiger partial charge in [-0.15, -0.1) is 0 Å². The minimum atomic E-state index is -4.65. The van der Waals surface area contributed by atoms with Crippen molar-refractivity contribution in [1.82, 2.24) is 0 Å². The molecule has 336 valence electrons. The third kappa shape index (κ3) is 42.8. The molecular weight excluding hydrogens is 767 g/mol. The number of rotatable bonds is 40. The predicted molar refractivity (Wildman–Crippen MR) is 242 cm³/mol. The summed E-state index contributed by atoms with van der Waals surface area (Å²) in [5.41, 5.74) is 0. The quantitative estimate of drug-likeness (QED) is 0.0235. The van der Waals surface area contributed by atoms with Gasteiger partial charge in [-0.1, -0.05) is 156 Å². The van der Waals surface area contributed by atoms with E-state index < -0.39 is 51.8 Å². The van der Waals surface area contributed by atoms with Crippen molar-refractivity contribution in [2.75, 3.05) is 26.4 Å². The van der Waals surface area contributed by atoms with Crippen LogP contribution in [0.15, 0.2) is 97.2 Å². The molecule has 0 rings (SSSR count). The second-order valence-corrected chi connectivity index (χ2v) is 15.8. The third-order valence-electron chi connectivity index (χ3n) is 8.74. The largest absolute Gasteiger partial charge is 0.472 e. The molecule has 0 fully saturated rings. The molecule has 3 N–H and O–H groups in total. The van der Waals surface area contributed by atoms with Gasteiger partial charge in [0.25, 0.3) is 0 Å². The van der Waals surface area contributed by atoms with E-state index in [1.807, 2.05) is 12.2 Å². The number of unbranched alkanes of at least 4 members (excludes halogenated alkanes) is 10. The first-order chi connectivity index (χ1) is 28.7. The van der Waals surface area contributed by atoms with Gasteiger partial charge < -0.3 is 24.6 Å². The number of aliphatic hydroxyl groups excluding tert-OH is 2. The molecule has 0 amide bonds. The van der Waals surface area contributed by atoms with Gasteiger partial charge in [0, 0.05) is 12.8 Å². The molecule has 0 aromatic carbocycles. The number of carbonyl (C=O) groups is 2. The molecule has 0 saturated heterocycles. The highest BCUT2D eigenvalue weighted by molar-refractivity contribution is 7.47. The monoisotopic (exact) mass is 847 g/mol. The van der Waals surface area contributed by atoms with Crippen molar-refractivity contribution in [3.05, 3.63) is 97.2 Å². The number of carbonyl (C=O) groups excluding carboxylic acids is 2. The van der Waals surface area contributed by atoms with Gasteiger partial charge in [-0.2, -0.15) is 0 Å². The Morgan fingerprint density at radius 1 is 0.525 bits per heavy atom. The minimum absolute atomic E-state index is 0.0517. The Morgan fingerprint density at radius 2 is 0.966 bits per heavy atom. The summed E-state index contributed by atoms with van der Waals surface area (Å²) in [5, 5.41) is 18.3. The second kappa shape index (κ2) is 43.0. The first kappa shape index (κ1) is 55.9. The summed E-state index contributed by atoms with van der Waals surface area (Å²) in [4.78, 5) is 35.0. The average molecular weight is 847 g/mol. The molecule has 0 bridgehead atoms. The summed E-state index contributed by atoms with van der Waals surface area (Å²) < 4.78 is 32.6. The van der Waals surface area contributed by atoms with Crippen molar-refractivity contribution in [2.45, 2.75) is 167 Å². The predicted octanol–water partition coefficient (Wildman–Crippen LogP) is 12.0. The van der Waals surface area contributed by atoms with Gasteiger partial charge in [-0.05, 0) is 83.5 Å². The molecule has 0 saturated carbocycles. The molecule has 1 unspecified atom stereocenters. The average Bonchev–Trinajstić information content (AvgIpc) is 3.22. The highest BCUT2D eigenvalue weighted by atomic mass is 31.2. The highest BCUT2D eigenvalue weighted by Crippen LogP contribution is 2.43. The minimum Gasteiger partial charge on any atom is -0.462 e. The van der Waals surface area contributed by atoms with Crippen LogP contribution in [0, 0.1) is 0 Å². The fourth-order valence-corrected chi connectivity index (χ4v) is 6.13. The second-order valence-electron chi connectivity index (χ2n) is 14.3. The van der Waals surface area contributed by atoms with Crippen LogP contribution in [0.4, 0.5) is 0 Å². The van der Waals surface area contributed by atoms with E-state index in [1.165, 1.54) is 44.9 Å². The third-order valence-corrected chi connectivity index (χ3v) is 9.69. The van der Waals surface area contributed by atoms with E-state index in [0.29, 0.717) is 12.8 Å². The van der Waals surface area contributed by atoms with Crippen molar-refractivity contribution >= 4 is 19.8 Å². The zero-order valence-corrected chi connectivity index (χ0v) is 37.3. The molecule has 0 aliphatic carbocycles. The lowest BCUT2D eigenvalue weighted by Gasteiger charge is -2.20. The Balaban J connectivity index is 4.44. The van der Waals surface area contributed by atoms with Crippen molar-refractivity contribution in [1.29, 1.82) is 0 Å². The number of phosphoric ester groups is 1. The van der Waals surface area contributed by atoms with E-state index >= 15 is 0 Å². The van der Waals surface area contributed by atoms with Crippen LogP contribution in [-0.4, -0.2) is 65.7 Å². The molecule has 11 heteroatoms. The number of aliphatic hydroxyl groups is 2. The Labute approximate surface area is 357 Å². The summed E-state index contributed by atoms with van der Waals surface area (Å²) in [6, 6.07) is 0.